The van der Waals surface area contributed by atoms with Gasteiger partial charge in [-0.15, -0.1) is 0 Å². The standard InChI is InChI=1S/C15H28NO.Na/c1-3-5-6-7-8-9-10-11-12-13-14-16-15(17)4-2;/h4H,1-3,5-14H2,(H,16,17);/q-1;+1. The Morgan fingerprint density at radius 3 is 1.83 bits per heavy atom. The van der Waals surface area contributed by atoms with Crippen LogP contribution in [0.4, 0.5) is 0 Å². The maximum atomic E-state index is 10.8. The summed E-state index contributed by atoms with van der Waals surface area (Å²) in [4.78, 5) is 10.8. The molecule has 0 atom stereocenters. The molecule has 0 aliphatic rings. The summed E-state index contributed by atoms with van der Waals surface area (Å²) in [6.45, 7) is 8.04. The zero-order valence-electron chi connectivity index (χ0n) is 12.2. The maximum absolute atomic E-state index is 10.8. The monoisotopic (exact) mass is 261 g/mol. The summed E-state index contributed by atoms with van der Waals surface area (Å²) >= 11 is 0. The van der Waals surface area contributed by atoms with Crippen LogP contribution in [0.25, 0.3) is 0 Å². The minimum Gasteiger partial charge on any atom is -0.353 e. The summed E-state index contributed by atoms with van der Waals surface area (Å²) in [6, 6.07) is 0. The fourth-order valence-electron chi connectivity index (χ4n) is 1.82. The molecule has 2 nitrogen and oxygen atoms in total. The van der Waals surface area contributed by atoms with Gasteiger partial charge in [-0.1, -0.05) is 57.9 Å². The first-order chi connectivity index (χ1) is 8.31. The number of rotatable bonds is 12. The fraction of sp³-hybridized carbons (Fsp3) is 0.733. The van der Waals surface area contributed by atoms with Crippen molar-refractivity contribution in [3.05, 3.63) is 19.6 Å². The van der Waals surface area contributed by atoms with E-state index in [1.54, 1.807) is 0 Å². The largest absolute Gasteiger partial charge is 1.00 e. The van der Waals surface area contributed by atoms with E-state index in [-0.39, 0.29) is 35.5 Å². The second-order valence-corrected chi connectivity index (χ2v) is 4.53. The second kappa shape index (κ2) is 17.2. The van der Waals surface area contributed by atoms with E-state index in [0.29, 0.717) is 0 Å². The molecule has 0 bridgehead atoms. The number of carbonyl (C=O) groups is 1. The van der Waals surface area contributed by atoms with Gasteiger partial charge in [-0.05, 0) is 12.5 Å². The van der Waals surface area contributed by atoms with Gasteiger partial charge in [0.15, 0.2) is 0 Å². The second-order valence-electron chi connectivity index (χ2n) is 4.53. The molecule has 0 radical (unpaired) electrons. The predicted molar refractivity (Wildman–Crippen MR) is 74.7 cm³/mol. The molecule has 0 aliphatic heterocycles. The molecule has 1 amide bonds. The van der Waals surface area contributed by atoms with Gasteiger partial charge < -0.3 is 12.2 Å². The van der Waals surface area contributed by atoms with Gasteiger partial charge in [0, 0.05) is 6.54 Å². The van der Waals surface area contributed by atoms with Crippen molar-refractivity contribution in [2.24, 2.45) is 0 Å². The van der Waals surface area contributed by atoms with E-state index in [9.17, 15) is 4.79 Å². The van der Waals surface area contributed by atoms with E-state index < -0.39 is 0 Å². The topological polar surface area (TPSA) is 29.1 Å². The maximum Gasteiger partial charge on any atom is 1.00 e. The van der Waals surface area contributed by atoms with Crippen LogP contribution in [0.5, 0.6) is 0 Å². The molecule has 0 unspecified atom stereocenters. The Bertz CT molecular complexity index is 195. The first-order valence-corrected chi connectivity index (χ1v) is 7.00. The van der Waals surface area contributed by atoms with Gasteiger partial charge in [-0.25, -0.2) is 0 Å². The van der Waals surface area contributed by atoms with Crippen molar-refractivity contribution in [3.63, 3.8) is 0 Å². The first kappa shape index (κ1) is 20.5. The molecular weight excluding hydrogens is 233 g/mol. The number of hydrogen-bond acceptors (Lipinski definition) is 1. The number of hydrogen-bond donors (Lipinski definition) is 1. The molecule has 0 aromatic carbocycles. The Hall–Kier alpha value is 0.210. The molecule has 0 fully saturated rings. The third-order valence-electron chi connectivity index (χ3n) is 2.91. The number of unbranched alkanes of at least 4 members (excludes halogenated alkanes) is 9. The average molecular weight is 261 g/mol. The predicted octanol–water partition coefficient (Wildman–Crippen LogP) is 1.03. The normalized spacial score (nSPS) is 9.61. The van der Waals surface area contributed by atoms with Gasteiger partial charge >= 0.3 is 29.6 Å². The van der Waals surface area contributed by atoms with Gasteiger partial charge in [0.25, 0.3) is 0 Å². The van der Waals surface area contributed by atoms with Crippen LogP contribution in [-0.2, 0) is 4.79 Å². The molecule has 0 rings (SSSR count). The van der Waals surface area contributed by atoms with E-state index in [4.69, 9.17) is 0 Å². The molecule has 3 heteroatoms. The Morgan fingerprint density at radius 1 is 0.944 bits per heavy atom. The van der Waals surface area contributed by atoms with Crippen molar-refractivity contribution < 1.29 is 34.4 Å². The van der Waals surface area contributed by atoms with Gasteiger partial charge in [0.2, 0.25) is 5.91 Å². The SMILES string of the molecule is C=CC(=O)NCCCCCCCCCCC[CH2-].[Na+]. The molecular formula is C15H28NNaO. The van der Waals surface area contributed by atoms with E-state index >= 15 is 0 Å². The minimum absolute atomic E-state index is 0. The Kier molecular flexibility index (Phi) is 19.6. The molecule has 18 heavy (non-hydrogen) atoms. The van der Waals surface area contributed by atoms with Crippen LogP contribution >= 0.6 is 0 Å². The third kappa shape index (κ3) is 16.2. The van der Waals surface area contributed by atoms with E-state index in [1.807, 2.05) is 0 Å². The zero-order chi connectivity index (χ0) is 12.8. The summed E-state index contributed by atoms with van der Waals surface area (Å²) in [6.07, 6.45) is 14.0. The van der Waals surface area contributed by atoms with Gasteiger partial charge in [0.1, 0.15) is 0 Å². The van der Waals surface area contributed by atoms with Gasteiger partial charge in [-0.2, -0.15) is 6.42 Å². The molecule has 0 heterocycles. The van der Waals surface area contributed by atoms with Crippen LogP contribution in [0, 0.1) is 6.92 Å². The number of carbonyl (C=O) groups excluding carboxylic acids is 1. The van der Waals surface area contributed by atoms with Crippen LogP contribution in [0.3, 0.4) is 0 Å². The van der Waals surface area contributed by atoms with E-state index in [2.05, 4.69) is 18.8 Å². The number of nitrogens with one attached hydrogen (secondary N) is 1. The number of amides is 1. The Labute approximate surface area is 135 Å². The van der Waals surface area contributed by atoms with Crippen LogP contribution in [0.1, 0.15) is 64.2 Å². The minimum atomic E-state index is -0.0598. The summed E-state index contributed by atoms with van der Waals surface area (Å²) in [5.41, 5.74) is 0. The molecule has 0 saturated carbocycles. The molecule has 1 N–H and O–H groups in total. The third-order valence-corrected chi connectivity index (χ3v) is 2.91. The van der Waals surface area contributed by atoms with E-state index in [0.717, 1.165) is 19.4 Å². The van der Waals surface area contributed by atoms with Crippen molar-refractivity contribution >= 4 is 5.91 Å². The van der Waals surface area contributed by atoms with Crippen LogP contribution < -0.4 is 34.9 Å². The van der Waals surface area contributed by atoms with Gasteiger partial charge in [-0.3, -0.25) is 4.79 Å². The molecule has 0 spiro atoms. The Morgan fingerprint density at radius 2 is 1.39 bits per heavy atom. The quantitative estimate of drug-likeness (QED) is 0.242. The van der Waals surface area contributed by atoms with Crippen molar-refractivity contribution in [1.82, 2.24) is 5.32 Å². The molecule has 0 aromatic heterocycles. The van der Waals surface area contributed by atoms with Crippen LogP contribution in [-0.4, -0.2) is 12.5 Å². The summed E-state index contributed by atoms with van der Waals surface area (Å²) in [5.74, 6) is -0.0598. The summed E-state index contributed by atoms with van der Waals surface area (Å²) < 4.78 is 0. The molecule has 100 valence electrons. The van der Waals surface area contributed by atoms with Crippen LogP contribution in [0.15, 0.2) is 12.7 Å². The zero-order valence-corrected chi connectivity index (χ0v) is 14.2. The first-order valence-electron chi connectivity index (χ1n) is 7.00. The van der Waals surface area contributed by atoms with Crippen molar-refractivity contribution in [2.75, 3.05) is 6.54 Å². The van der Waals surface area contributed by atoms with Crippen molar-refractivity contribution in [3.8, 4) is 0 Å². The van der Waals surface area contributed by atoms with Gasteiger partial charge in [0.05, 0.1) is 0 Å². The Balaban J connectivity index is 0. The molecule has 0 aliphatic carbocycles. The van der Waals surface area contributed by atoms with Crippen LogP contribution in [0.2, 0.25) is 0 Å². The fourth-order valence-corrected chi connectivity index (χ4v) is 1.82. The van der Waals surface area contributed by atoms with E-state index in [1.165, 1.54) is 57.4 Å². The molecule has 0 saturated heterocycles. The van der Waals surface area contributed by atoms with Crippen molar-refractivity contribution in [2.45, 2.75) is 64.2 Å². The summed E-state index contributed by atoms with van der Waals surface area (Å²) in [5, 5.41) is 2.79. The molecule has 0 aromatic rings. The summed E-state index contributed by atoms with van der Waals surface area (Å²) in [7, 11) is 0. The van der Waals surface area contributed by atoms with Crippen molar-refractivity contribution in [1.29, 1.82) is 0 Å². The average Bonchev–Trinajstić information content (AvgIpc) is 2.35. The smallest absolute Gasteiger partial charge is 0.353 e.